The second kappa shape index (κ2) is 11.1. The maximum absolute atomic E-state index is 13.0. The van der Waals surface area contributed by atoms with Crippen LogP contribution in [-0.2, 0) is 14.3 Å². The van der Waals surface area contributed by atoms with Crippen molar-refractivity contribution in [2.24, 2.45) is 4.99 Å². The largest absolute Gasteiger partial charge is 0.483 e. The molecular weight excluding hydrogens is 577 g/mol. The number of esters is 1. The topological polar surface area (TPSA) is 80.2 Å². The number of ether oxygens (including phenoxy) is 2. The van der Waals surface area contributed by atoms with Gasteiger partial charge in [0.05, 0.1) is 23.9 Å². The van der Waals surface area contributed by atoms with E-state index in [0.717, 1.165) is 9.64 Å². The third kappa shape index (κ3) is 5.86. The smallest absolute Gasteiger partial charge is 0.338 e. The summed E-state index contributed by atoms with van der Waals surface area (Å²) in [6.45, 7) is 3.50. The number of halogens is 3. The van der Waals surface area contributed by atoms with E-state index in [9.17, 15) is 9.59 Å². The first-order valence-electron chi connectivity index (χ1n) is 10.5. The third-order valence-corrected chi connectivity index (χ3v) is 6.79. The minimum atomic E-state index is -0.546. The standard InChI is InChI=1S/C24H20BrCl2N3O4S/c1-3-33-23(32)21-13(2)28-24-30(6-7-35-24)22(21)18-8-14(25)4-5-19(18)34-12-20(31)29-17-10-15(26)9-16(27)11-17/h4-11,22H,3,12H2,1-2H3,(H,29,31)/t22-/m0/s1. The number of amidine groups is 1. The van der Waals surface area contributed by atoms with Crippen LogP contribution >= 0.6 is 50.9 Å². The quantitative estimate of drug-likeness (QED) is 0.366. The summed E-state index contributed by atoms with van der Waals surface area (Å²) in [6, 6.07) is 9.63. The Hall–Kier alpha value is -2.46. The van der Waals surface area contributed by atoms with Crippen LogP contribution in [0.5, 0.6) is 5.75 Å². The summed E-state index contributed by atoms with van der Waals surface area (Å²) in [5, 5.41) is 6.17. The molecule has 0 unspecified atom stereocenters. The lowest BCUT2D eigenvalue weighted by atomic mass is 9.94. The number of rotatable bonds is 7. The van der Waals surface area contributed by atoms with E-state index in [1.807, 2.05) is 22.6 Å². The molecule has 0 spiro atoms. The lowest BCUT2D eigenvalue weighted by molar-refractivity contribution is -0.139. The number of thioether (sulfide) groups is 1. The molecule has 11 heteroatoms. The molecule has 0 saturated heterocycles. The van der Waals surface area contributed by atoms with E-state index < -0.39 is 17.9 Å². The number of hydrogen-bond donors (Lipinski definition) is 1. The number of carbonyl (C=O) groups is 2. The Kier molecular flexibility index (Phi) is 8.11. The zero-order valence-corrected chi connectivity index (χ0v) is 22.6. The van der Waals surface area contributed by atoms with Gasteiger partial charge in [0.15, 0.2) is 11.8 Å². The zero-order chi connectivity index (χ0) is 25.1. The number of aliphatic imine (C=N–C) groups is 1. The molecule has 0 fully saturated rings. The maximum atomic E-state index is 13.0. The van der Waals surface area contributed by atoms with Crippen LogP contribution in [0.2, 0.25) is 10.0 Å². The Morgan fingerprint density at radius 1 is 1.20 bits per heavy atom. The minimum Gasteiger partial charge on any atom is -0.483 e. The van der Waals surface area contributed by atoms with Gasteiger partial charge in [-0.1, -0.05) is 50.9 Å². The molecule has 1 N–H and O–H groups in total. The van der Waals surface area contributed by atoms with Gasteiger partial charge in [-0.05, 0) is 55.7 Å². The molecule has 2 aromatic carbocycles. The summed E-state index contributed by atoms with van der Waals surface area (Å²) in [5.41, 5.74) is 2.11. The van der Waals surface area contributed by atoms with Gasteiger partial charge in [0.25, 0.3) is 5.91 Å². The number of benzene rings is 2. The van der Waals surface area contributed by atoms with Crippen molar-refractivity contribution < 1.29 is 19.1 Å². The molecule has 0 aromatic heterocycles. The van der Waals surface area contributed by atoms with E-state index in [-0.39, 0.29) is 13.2 Å². The van der Waals surface area contributed by atoms with Crippen molar-refractivity contribution in [1.29, 1.82) is 0 Å². The summed E-state index contributed by atoms with van der Waals surface area (Å²) in [6.07, 6.45) is 1.86. The van der Waals surface area contributed by atoms with Crippen LogP contribution in [0.4, 0.5) is 5.69 Å². The predicted octanol–water partition coefficient (Wildman–Crippen LogP) is 6.54. The molecule has 7 nitrogen and oxygen atoms in total. The molecule has 0 radical (unpaired) electrons. The van der Waals surface area contributed by atoms with Crippen LogP contribution in [0, 0.1) is 0 Å². The SMILES string of the molecule is CCOC(=O)C1=C(C)N=C2SC=CN2[C@H]1c1cc(Br)ccc1OCC(=O)Nc1cc(Cl)cc(Cl)c1. The summed E-state index contributed by atoms with van der Waals surface area (Å²) in [4.78, 5) is 32.0. The van der Waals surface area contributed by atoms with Gasteiger partial charge in [-0.3, -0.25) is 4.79 Å². The molecule has 0 saturated carbocycles. The number of fused-ring (bicyclic) bond motifs is 1. The van der Waals surface area contributed by atoms with Crippen LogP contribution in [0.15, 0.2) is 68.7 Å². The molecule has 1 atom stereocenters. The second-order valence-electron chi connectivity index (χ2n) is 7.50. The number of hydrogen-bond acceptors (Lipinski definition) is 7. The molecule has 2 heterocycles. The fraction of sp³-hybridized carbons (Fsp3) is 0.208. The van der Waals surface area contributed by atoms with Gasteiger partial charge in [-0.15, -0.1) is 0 Å². The highest BCUT2D eigenvalue weighted by atomic mass is 79.9. The van der Waals surface area contributed by atoms with Crippen molar-refractivity contribution in [3.05, 3.63) is 79.4 Å². The minimum absolute atomic E-state index is 0.235. The molecule has 182 valence electrons. The lowest BCUT2D eigenvalue weighted by Gasteiger charge is -2.34. The van der Waals surface area contributed by atoms with E-state index in [2.05, 4.69) is 26.2 Å². The first-order chi connectivity index (χ1) is 16.8. The predicted molar refractivity (Wildman–Crippen MR) is 143 cm³/mol. The maximum Gasteiger partial charge on any atom is 0.338 e. The number of anilines is 1. The fourth-order valence-corrected chi connectivity index (χ4v) is 5.40. The van der Waals surface area contributed by atoms with Gasteiger partial charge in [0, 0.05) is 32.0 Å². The van der Waals surface area contributed by atoms with Crippen LogP contribution < -0.4 is 10.1 Å². The molecule has 1 amide bonds. The third-order valence-electron chi connectivity index (χ3n) is 5.09. The Morgan fingerprint density at radius 2 is 1.94 bits per heavy atom. The van der Waals surface area contributed by atoms with E-state index in [0.29, 0.717) is 38.3 Å². The molecule has 2 aliphatic heterocycles. The Bertz CT molecular complexity index is 1260. The zero-order valence-electron chi connectivity index (χ0n) is 18.7. The number of nitrogens with one attached hydrogen (secondary N) is 1. The van der Waals surface area contributed by atoms with Crippen molar-refractivity contribution in [2.45, 2.75) is 19.9 Å². The molecule has 4 rings (SSSR count). The Morgan fingerprint density at radius 3 is 2.66 bits per heavy atom. The van der Waals surface area contributed by atoms with E-state index in [1.165, 1.54) is 11.8 Å². The van der Waals surface area contributed by atoms with E-state index in [4.69, 9.17) is 32.7 Å². The lowest BCUT2D eigenvalue weighted by Crippen LogP contribution is -2.34. The van der Waals surface area contributed by atoms with Crippen LogP contribution in [0.25, 0.3) is 0 Å². The number of carbonyl (C=O) groups excluding carboxylic acids is 2. The highest BCUT2D eigenvalue weighted by molar-refractivity contribution is 9.10. The summed E-state index contributed by atoms with van der Waals surface area (Å²) in [5.74, 6) is -0.403. The van der Waals surface area contributed by atoms with Crippen molar-refractivity contribution in [2.75, 3.05) is 18.5 Å². The normalized spacial score (nSPS) is 16.7. The molecular formula is C24H20BrCl2N3O4S. The molecule has 35 heavy (non-hydrogen) atoms. The van der Waals surface area contributed by atoms with Crippen LogP contribution in [0.1, 0.15) is 25.5 Å². The van der Waals surface area contributed by atoms with Gasteiger partial charge < -0.3 is 19.7 Å². The highest BCUT2D eigenvalue weighted by Crippen LogP contribution is 2.44. The van der Waals surface area contributed by atoms with Crippen LogP contribution in [0.3, 0.4) is 0 Å². The molecule has 2 aliphatic rings. The first-order valence-corrected chi connectivity index (χ1v) is 13.0. The second-order valence-corrected chi connectivity index (χ2v) is 10.2. The fourth-order valence-electron chi connectivity index (χ4n) is 3.71. The number of allylic oxidation sites excluding steroid dienone is 1. The summed E-state index contributed by atoms with van der Waals surface area (Å²) in [7, 11) is 0. The molecule has 0 aliphatic carbocycles. The Labute approximate surface area is 225 Å². The van der Waals surface area contributed by atoms with Crippen LogP contribution in [-0.4, -0.2) is 35.2 Å². The van der Waals surface area contributed by atoms with Crippen molar-refractivity contribution in [3.8, 4) is 5.75 Å². The van der Waals surface area contributed by atoms with Crippen molar-refractivity contribution >= 4 is 73.6 Å². The first kappa shape index (κ1) is 25.6. The van der Waals surface area contributed by atoms with Crippen molar-refractivity contribution in [1.82, 2.24) is 4.90 Å². The van der Waals surface area contributed by atoms with Gasteiger partial charge in [0.1, 0.15) is 5.75 Å². The Balaban J connectivity index is 1.63. The molecule has 2 aromatic rings. The van der Waals surface area contributed by atoms with E-state index >= 15 is 0 Å². The average Bonchev–Trinajstić information content (AvgIpc) is 3.24. The van der Waals surface area contributed by atoms with Gasteiger partial charge >= 0.3 is 5.97 Å². The number of amides is 1. The monoisotopic (exact) mass is 595 g/mol. The van der Waals surface area contributed by atoms with Gasteiger partial charge in [-0.25, -0.2) is 9.79 Å². The summed E-state index contributed by atoms with van der Waals surface area (Å²) >= 11 is 17.0. The van der Waals surface area contributed by atoms with Gasteiger partial charge in [0.2, 0.25) is 0 Å². The van der Waals surface area contributed by atoms with Crippen molar-refractivity contribution in [3.63, 3.8) is 0 Å². The van der Waals surface area contributed by atoms with Gasteiger partial charge in [-0.2, -0.15) is 0 Å². The summed E-state index contributed by atoms with van der Waals surface area (Å²) < 4.78 is 12.1. The highest BCUT2D eigenvalue weighted by Gasteiger charge is 2.39. The number of nitrogens with zero attached hydrogens (tertiary/aromatic N) is 2. The van der Waals surface area contributed by atoms with E-state index in [1.54, 1.807) is 44.2 Å². The molecule has 0 bridgehead atoms. The average molecular weight is 597 g/mol.